The molecule has 0 saturated carbocycles. The zero-order chi connectivity index (χ0) is 17.0. The Labute approximate surface area is 122 Å². The first-order valence-corrected chi connectivity index (χ1v) is 6.04. The van der Waals surface area contributed by atoms with Crippen molar-refractivity contribution in [2.75, 3.05) is 6.54 Å². The largest absolute Gasteiger partial charge is 0.417 e. The van der Waals surface area contributed by atoms with E-state index in [1.165, 1.54) is 6.92 Å². The van der Waals surface area contributed by atoms with E-state index in [1.54, 1.807) is 0 Å². The Bertz CT molecular complexity index is 574. The average molecular weight is 323 g/mol. The standard InChI is InChI=1S/C14H11F6NO/c1-9(22)21-8-3-2-5-10-11(13(15,16)17)6-4-7-12(10)14(18,19)20/h4,6-7H,3,8H2,1H3,(H,21,22). The van der Waals surface area contributed by atoms with Crippen LogP contribution in [0.5, 0.6) is 0 Å². The summed E-state index contributed by atoms with van der Waals surface area (Å²) in [7, 11) is 0. The van der Waals surface area contributed by atoms with Crippen molar-refractivity contribution in [1.29, 1.82) is 0 Å². The van der Waals surface area contributed by atoms with Crippen LogP contribution in [-0.4, -0.2) is 12.5 Å². The third-order valence-corrected chi connectivity index (χ3v) is 2.51. The van der Waals surface area contributed by atoms with Gasteiger partial charge in [0.1, 0.15) is 0 Å². The second-order valence-electron chi connectivity index (χ2n) is 4.26. The zero-order valence-corrected chi connectivity index (χ0v) is 11.3. The molecule has 0 fully saturated rings. The van der Waals surface area contributed by atoms with E-state index in [0.29, 0.717) is 18.2 Å². The lowest BCUT2D eigenvalue weighted by molar-refractivity contribution is -0.143. The number of benzene rings is 1. The van der Waals surface area contributed by atoms with E-state index in [9.17, 15) is 31.1 Å². The van der Waals surface area contributed by atoms with Crippen molar-refractivity contribution in [3.05, 3.63) is 34.9 Å². The van der Waals surface area contributed by atoms with Gasteiger partial charge in [0.25, 0.3) is 0 Å². The smallest absolute Gasteiger partial charge is 0.355 e. The van der Waals surface area contributed by atoms with E-state index in [1.807, 2.05) is 5.92 Å². The summed E-state index contributed by atoms with van der Waals surface area (Å²) in [5.41, 5.74) is -3.98. The fourth-order valence-corrected chi connectivity index (χ4v) is 1.61. The minimum atomic E-state index is -4.94. The lowest BCUT2D eigenvalue weighted by Gasteiger charge is -2.14. The lowest BCUT2D eigenvalue weighted by Crippen LogP contribution is -2.20. The van der Waals surface area contributed by atoms with Gasteiger partial charge in [-0.05, 0) is 12.1 Å². The Hall–Kier alpha value is -2.17. The van der Waals surface area contributed by atoms with Crippen molar-refractivity contribution in [2.24, 2.45) is 0 Å². The third kappa shape index (κ3) is 4.98. The van der Waals surface area contributed by atoms with E-state index in [4.69, 9.17) is 0 Å². The number of rotatable bonds is 2. The molecule has 0 spiro atoms. The molecule has 1 rings (SSSR count). The molecule has 0 aliphatic heterocycles. The molecule has 0 aliphatic carbocycles. The van der Waals surface area contributed by atoms with Gasteiger partial charge in [-0.2, -0.15) is 26.3 Å². The maximum absolute atomic E-state index is 12.8. The van der Waals surface area contributed by atoms with Crippen molar-refractivity contribution in [3.63, 3.8) is 0 Å². The zero-order valence-electron chi connectivity index (χ0n) is 11.3. The maximum Gasteiger partial charge on any atom is 0.417 e. The fourth-order valence-electron chi connectivity index (χ4n) is 1.61. The number of carbonyl (C=O) groups is 1. The minimum Gasteiger partial charge on any atom is -0.355 e. The van der Waals surface area contributed by atoms with E-state index >= 15 is 0 Å². The molecular weight excluding hydrogens is 312 g/mol. The maximum atomic E-state index is 12.8. The Balaban J connectivity index is 3.19. The first kappa shape index (κ1) is 17.9. The van der Waals surface area contributed by atoms with Crippen LogP contribution in [0, 0.1) is 11.8 Å². The Morgan fingerprint density at radius 1 is 1.09 bits per heavy atom. The van der Waals surface area contributed by atoms with Crippen LogP contribution in [0.4, 0.5) is 26.3 Å². The van der Waals surface area contributed by atoms with Crippen LogP contribution in [0.15, 0.2) is 18.2 Å². The predicted molar refractivity (Wildman–Crippen MR) is 66.6 cm³/mol. The van der Waals surface area contributed by atoms with Crippen molar-refractivity contribution < 1.29 is 31.1 Å². The molecule has 2 nitrogen and oxygen atoms in total. The van der Waals surface area contributed by atoms with Crippen LogP contribution in [0.3, 0.4) is 0 Å². The summed E-state index contributed by atoms with van der Waals surface area (Å²) < 4.78 is 76.8. The normalized spacial score (nSPS) is 11.6. The molecule has 0 saturated heterocycles. The number of nitrogens with one attached hydrogen (secondary N) is 1. The molecule has 0 radical (unpaired) electrons. The van der Waals surface area contributed by atoms with Crippen LogP contribution in [0.2, 0.25) is 0 Å². The molecular formula is C14H11F6NO. The summed E-state index contributed by atoms with van der Waals surface area (Å²) >= 11 is 0. The minimum absolute atomic E-state index is 0.0396. The van der Waals surface area contributed by atoms with Crippen LogP contribution >= 0.6 is 0 Å². The van der Waals surface area contributed by atoms with Gasteiger partial charge in [0.2, 0.25) is 5.91 Å². The topological polar surface area (TPSA) is 29.1 Å². The quantitative estimate of drug-likeness (QED) is 0.503. The van der Waals surface area contributed by atoms with Crippen LogP contribution in [0.25, 0.3) is 0 Å². The van der Waals surface area contributed by atoms with Crippen LogP contribution in [-0.2, 0) is 17.1 Å². The third-order valence-electron chi connectivity index (χ3n) is 2.51. The first-order chi connectivity index (χ1) is 10.0. The summed E-state index contributed by atoms with van der Waals surface area (Å²) in [5.74, 6) is 3.78. The molecule has 1 N–H and O–H groups in total. The second-order valence-corrected chi connectivity index (χ2v) is 4.26. The monoisotopic (exact) mass is 323 g/mol. The molecule has 0 unspecified atom stereocenters. The Morgan fingerprint density at radius 3 is 2.00 bits per heavy atom. The summed E-state index contributed by atoms with van der Waals surface area (Å²) in [5, 5.41) is 2.34. The van der Waals surface area contributed by atoms with Crippen LogP contribution < -0.4 is 5.32 Å². The number of hydrogen-bond acceptors (Lipinski definition) is 1. The molecule has 0 aliphatic rings. The number of halogens is 6. The first-order valence-electron chi connectivity index (χ1n) is 6.04. The van der Waals surface area contributed by atoms with Gasteiger partial charge in [0, 0.05) is 25.5 Å². The highest BCUT2D eigenvalue weighted by Crippen LogP contribution is 2.38. The molecule has 0 aromatic heterocycles. The van der Waals surface area contributed by atoms with Gasteiger partial charge in [0.05, 0.1) is 11.1 Å². The second kappa shape index (κ2) is 6.73. The van der Waals surface area contributed by atoms with Crippen molar-refractivity contribution >= 4 is 5.91 Å². The van der Waals surface area contributed by atoms with Gasteiger partial charge in [-0.15, -0.1) is 0 Å². The molecule has 0 atom stereocenters. The molecule has 8 heteroatoms. The van der Waals surface area contributed by atoms with E-state index < -0.39 is 29.0 Å². The molecule has 120 valence electrons. The predicted octanol–water partition coefficient (Wildman–Crippen LogP) is 3.60. The number of hydrogen-bond donors (Lipinski definition) is 1. The fraction of sp³-hybridized carbons (Fsp3) is 0.357. The van der Waals surface area contributed by atoms with Gasteiger partial charge in [-0.25, -0.2) is 0 Å². The molecule has 0 heterocycles. The van der Waals surface area contributed by atoms with Gasteiger partial charge < -0.3 is 5.32 Å². The lowest BCUT2D eigenvalue weighted by atomic mass is 10.00. The van der Waals surface area contributed by atoms with Gasteiger partial charge in [0.15, 0.2) is 0 Å². The summed E-state index contributed by atoms with van der Waals surface area (Å²) in [4.78, 5) is 10.6. The van der Waals surface area contributed by atoms with E-state index in [2.05, 4.69) is 11.2 Å². The van der Waals surface area contributed by atoms with Gasteiger partial charge in [-0.3, -0.25) is 4.79 Å². The van der Waals surface area contributed by atoms with Crippen LogP contribution in [0.1, 0.15) is 30.0 Å². The Morgan fingerprint density at radius 2 is 1.59 bits per heavy atom. The highest BCUT2D eigenvalue weighted by molar-refractivity contribution is 5.72. The van der Waals surface area contributed by atoms with Crippen molar-refractivity contribution in [3.8, 4) is 11.8 Å². The van der Waals surface area contributed by atoms with Gasteiger partial charge in [-0.1, -0.05) is 17.9 Å². The highest BCUT2D eigenvalue weighted by Gasteiger charge is 2.40. The van der Waals surface area contributed by atoms with E-state index in [0.717, 1.165) is 0 Å². The summed E-state index contributed by atoms with van der Waals surface area (Å²) in [6.07, 6.45) is -9.95. The highest BCUT2D eigenvalue weighted by atomic mass is 19.4. The number of amides is 1. The van der Waals surface area contributed by atoms with Crippen molar-refractivity contribution in [2.45, 2.75) is 25.7 Å². The molecule has 1 amide bonds. The molecule has 1 aromatic rings. The number of alkyl halides is 6. The van der Waals surface area contributed by atoms with Gasteiger partial charge >= 0.3 is 12.4 Å². The van der Waals surface area contributed by atoms with Crippen molar-refractivity contribution in [1.82, 2.24) is 5.32 Å². The Kier molecular flexibility index (Phi) is 5.47. The molecule has 1 aromatic carbocycles. The average Bonchev–Trinajstić information content (AvgIpc) is 2.35. The molecule has 0 bridgehead atoms. The number of carbonyl (C=O) groups excluding carboxylic acids is 1. The molecule has 22 heavy (non-hydrogen) atoms. The summed E-state index contributed by atoms with van der Waals surface area (Å²) in [6, 6.07) is 1.79. The summed E-state index contributed by atoms with van der Waals surface area (Å²) in [6.45, 7) is 1.27. The van der Waals surface area contributed by atoms with E-state index in [-0.39, 0.29) is 18.9 Å². The SMILES string of the molecule is CC(=O)NCCC#Cc1c(C(F)(F)F)cccc1C(F)(F)F.